The van der Waals surface area contributed by atoms with E-state index in [4.69, 9.17) is 9.47 Å². The molecule has 1 aliphatic carbocycles. The quantitative estimate of drug-likeness (QED) is 0.547. The first-order valence-corrected chi connectivity index (χ1v) is 5.29. The highest BCUT2D eigenvalue weighted by Crippen LogP contribution is 2.28. The Morgan fingerprint density at radius 2 is 1.85 bits per heavy atom. The van der Waals surface area contributed by atoms with Gasteiger partial charge in [0.15, 0.2) is 0 Å². The fraction of sp³-hybridized carbons (Fsp3) is 1.00. The highest BCUT2D eigenvalue weighted by atomic mass is 16.5. The molecule has 0 spiro atoms. The van der Waals surface area contributed by atoms with Gasteiger partial charge in [-0.05, 0) is 25.7 Å². The van der Waals surface area contributed by atoms with Crippen molar-refractivity contribution in [1.29, 1.82) is 0 Å². The van der Waals surface area contributed by atoms with Crippen molar-refractivity contribution in [2.24, 2.45) is 5.92 Å². The molecule has 1 N–H and O–H groups in total. The molecule has 1 aliphatic rings. The summed E-state index contributed by atoms with van der Waals surface area (Å²) in [6.07, 6.45) is 2.75. The summed E-state index contributed by atoms with van der Waals surface area (Å²) in [5, 5.41) is 3.26. The molecule has 0 aliphatic heterocycles. The van der Waals surface area contributed by atoms with Crippen molar-refractivity contribution in [3.05, 3.63) is 0 Å². The minimum absolute atomic E-state index is 0.805. The standard InChI is InChI=1S/C10H21NO2/c1-2-12-7-5-11-6-8-13-9-10-3-4-10/h10-11H,2-9H2,1H3. The molecule has 3 heteroatoms. The zero-order valence-electron chi connectivity index (χ0n) is 8.55. The van der Waals surface area contributed by atoms with E-state index in [1.807, 2.05) is 6.92 Å². The highest BCUT2D eigenvalue weighted by molar-refractivity contribution is 4.71. The number of rotatable bonds is 9. The van der Waals surface area contributed by atoms with Gasteiger partial charge < -0.3 is 14.8 Å². The van der Waals surface area contributed by atoms with Gasteiger partial charge in [-0.1, -0.05) is 0 Å². The monoisotopic (exact) mass is 187 g/mol. The Labute approximate surface area is 80.8 Å². The Kier molecular flexibility index (Phi) is 6.15. The maximum Gasteiger partial charge on any atom is 0.0591 e. The van der Waals surface area contributed by atoms with Gasteiger partial charge in [0.05, 0.1) is 13.2 Å². The van der Waals surface area contributed by atoms with Gasteiger partial charge in [0.25, 0.3) is 0 Å². The van der Waals surface area contributed by atoms with Crippen molar-refractivity contribution in [3.63, 3.8) is 0 Å². The Balaban J connectivity index is 1.63. The van der Waals surface area contributed by atoms with E-state index in [-0.39, 0.29) is 0 Å². The van der Waals surface area contributed by atoms with Crippen molar-refractivity contribution < 1.29 is 9.47 Å². The summed E-state index contributed by atoms with van der Waals surface area (Å²) in [7, 11) is 0. The lowest BCUT2D eigenvalue weighted by Crippen LogP contribution is -2.24. The molecule has 1 rings (SSSR count). The number of nitrogens with one attached hydrogen (secondary N) is 1. The molecule has 0 unspecified atom stereocenters. The number of ether oxygens (including phenoxy) is 2. The van der Waals surface area contributed by atoms with Crippen LogP contribution in [0.25, 0.3) is 0 Å². The van der Waals surface area contributed by atoms with E-state index in [2.05, 4.69) is 5.32 Å². The van der Waals surface area contributed by atoms with E-state index in [1.165, 1.54) is 12.8 Å². The van der Waals surface area contributed by atoms with E-state index < -0.39 is 0 Å². The first kappa shape index (κ1) is 11.0. The third kappa shape index (κ3) is 6.99. The predicted molar refractivity (Wildman–Crippen MR) is 52.9 cm³/mol. The molecule has 1 fully saturated rings. The number of hydrogen-bond donors (Lipinski definition) is 1. The van der Waals surface area contributed by atoms with Crippen molar-refractivity contribution >= 4 is 0 Å². The minimum Gasteiger partial charge on any atom is -0.380 e. The average Bonchev–Trinajstić information content (AvgIpc) is 2.93. The topological polar surface area (TPSA) is 30.5 Å². The smallest absolute Gasteiger partial charge is 0.0591 e. The van der Waals surface area contributed by atoms with Crippen LogP contribution in [-0.4, -0.2) is 39.5 Å². The van der Waals surface area contributed by atoms with Gasteiger partial charge in [0.2, 0.25) is 0 Å². The van der Waals surface area contributed by atoms with Crippen LogP contribution in [0.4, 0.5) is 0 Å². The van der Waals surface area contributed by atoms with Gasteiger partial charge >= 0.3 is 0 Å². The van der Waals surface area contributed by atoms with Crippen molar-refractivity contribution in [3.8, 4) is 0 Å². The summed E-state index contributed by atoms with van der Waals surface area (Å²) in [4.78, 5) is 0. The molecule has 1 saturated carbocycles. The van der Waals surface area contributed by atoms with Crippen LogP contribution < -0.4 is 5.32 Å². The second kappa shape index (κ2) is 7.30. The van der Waals surface area contributed by atoms with Crippen molar-refractivity contribution in [2.75, 3.05) is 39.5 Å². The predicted octanol–water partition coefficient (Wildman–Crippen LogP) is 1.04. The lowest BCUT2D eigenvalue weighted by Gasteiger charge is -2.05. The molecular formula is C10H21NO2. The van der Waals surface area contributed by atoms with Crippen LogP contribution in [0.15, 0.2) is 0 Å². The largest absolute Gasteiger partial charge is 0.380 e. The van der Waals surface area contributed by atoms with Crippen LogP contribution in [0, 0.1) is 5.92 Å². The Hall–Kier alpha value is -0.120. The molecule has 0 aromatic carbocycles. The maximum atomic E-state index is 5.46. The highest BCUT2D eigenvalue weighted by Gasteiger charge is 2.20. The molecule has 0 aromatic heterocycles. The molecule has 0 atom stereocenters. The summed E-state index contributed by atoms with van der Waals surface area (Å²) in [5.41, 5.74) is 0. The minimum atomic E-state index is 0.805. The van der Waals surface area contributed by atoms with Crippen LogP contribution in [0.2, 0.25) is 0 Å². The lowest BCUT2D eigenvalue weighted by molar-refractivity contribution is 0.119. The summed E-state index contributed by atoms with van der Waals surface area (Å²) < 4.78 is 10.6. The van der Waals surface area contributed by atoms with Gasteiger partial charge in [-0.25, -0.2) is 0 Å². The fourth-order valence-electron chi connectivity index (χ4n) is 1.09. The summed E-state index contributed by atoms with van der Waals surface area (Å²) >= 11 is 0. The molecule has 0 radical (unpaired) electrons. The van der Waals surface area contributed by atoms with Gasteiger partial charge in [-0.3, -0.25) is 0 Å². The van der Waals surface area contributed by atoms with Crippen LogP contribution in [0.1, 0.15) is 19.8 Å². The van der Waals surface area contributed by atoms with E-state index in [0.29, 0.717) is 0 Å². The van der Waals surface area contributed by atoms with Gasteiger partial charge in [-0.15, -0.1) is 0 Å². The number of hydrogen-bond acceptors (Lipinski definition) is 3. The molecule has 0 amide bonds. The van der Waals surface area contributed by atoms with Crippen molar-refractivity contribution in [1.82, 2.24) is 5.32 Å². The van der Waals surface area contributed by atoms with E-state index >= 15 is 0 Å². The van der Waals surface area contributed by atoms with Crippen LogP contribution >= 0.6 is 0 Å². The summed E-state index contributed by atoms with van der Waals surface area (Å²) in [6.45, 7) is 7.30. The second-order valence-corrected chi connectivity index (χ2v) is 3.47. The lowest BCUT2D eigenvalue weighted by atomic mass is 10.5. The first-order chi connectivity index (χ1) is 6.43. The molecule has 0 aromatic rings. The van der Waals surface area contributed by atoms with Crippen LogP contribution in [0.5, 0.6) is 0 Å². The van der Waals surface area contributed by atoms with Crippen LogP contribution in [0.3, 0.4) is 0 Å². The molecule has 0 saturated heterocycles. The van der Waals surface area contributed by atoms with Gasteiger partial charge in [0, 0.05) is 26.3 Å². The maximum absolute atomic E-state index is 5.46. The molecule has 78 valence electrons. The Morgan fingerprint density at radius 1 is 1.15 bits per heavy atom. The molecule has 0 bridgehead atoms. The third-order valence-electron chi connectivity index (χ3n) is 2.10. The van der Waals surface area contributed by atoms with Crippen LogP contribution in [-0.2, 0) is 9.47 Å². The van der Waals surface area contributed by atoms with E-state index in [9.17, 15) is 0 Å². The first-order valence-electron chi connectivity index (χ1n) is 5.29. The van der Waals surface area contributed by atoms with E-state index in [1.54, 1.807) is 0 Å². The Morgan fingerprint density at radius 3 is 2.46 bits per heavy atom. The second-order valence-electron chi connectivity index (χ2n) is 3.47. The summed E-state index contributed by atoms with van der Waals surface area (Å²) in [6, 6.07) is 0. The normalized spacial score (nSPS) is 16.4. The molecule has 3 nitrogen and oxygen atoms in total. The van der Waals surface area contributed by atoms with Gasteiger partial charge in [-0.2, -0.15) is 0 Å². The zero-order valence-corrected chi connectivity index (χ0v) is 8.55. The van der Waals surface area contributed by atoms with E-state index in [0.717, 1.165) is 45.4 Å². The third-order valence-corrected chi connectivity index (χ3v) is 2.10. The van der Waals surface area contributed by atoms with Gasteiger partial charge in [0.1, 0.15) is 0 Å². The molecule has 0 heterocycles. The molecule has 13 heavy (non-hydrogen) atoms. The Bertz CT molecular complexity index is 115. The zero-order chi connectivity index (χ0) is 9.36. The van der Waals surface area contributed by atoms with Crippen molar-refractivity contribution in [2.45, 2.75) is 19.8 Å². The fourth-order valence-corrected chi connectivity index (χ4v) is 1.09. The molecular weight excluding hydrogens is 166 g/mol. The SMILES string of the molecule is CCOCCNCCOCC1CC1. The summed E-state index contributed by atoms with van der Waals surface area (Å²) in [5.74, 6) is 0.878. The average molecular weight is 187 g/mol.